The summed E-state index contributed by atoms with van der Waals surface area (Å²) in [7, 11) is 1.76. The molecule has 0 aliphatic carbocycles. The number of aromatic nitrogens is 2. The van der Waals surface area contributed by atoms with Crippen LogP contribution in [0.2, 0.25) is 0 Å². The highest BCUT2D eigenvalue weighted by atomic mass is 16.3. The molecule has 0 bridgehead atoms. The van der Waals surface area contributed by atoms with Gasteiger partial charge in [-0.15, -0.1) is 0 Å². The van der Waals surface area contributed by atoms with Gasteiger partial charge in [0, 0.05) is 12.6 Å². The van der Waals surface area contributed by atoms with Gasteiger partial charge in [0.2, 0.25) is 5.91 Å². The van der Waals surface area contributed by atoms with Gasteiger partial charge in [-0.2, -0.15) is 0 Å². The van der Waals surface area contributed by atoms with E-state index in [-0.39, 0.29) is 6.54 Å². The van der Waals surface area contributed by atoms with Gasteiger partial charge in [0.05, 0.1) is 6.54 Å². The molecular formula is C10H17N5O2. The zero-order valence-corrected chi connectivity index (χ0v) is 10.1. The van der Waals surface area contributed by atoms with Crippen LogP contribution in [-0.4, -0.2) is 40.7 Å². The van der Waals surface area contributed by atoms with E-state index in [4.69, 9.17) is 5.73 Å². The summed E-state index contributed by atoms with van der Waals surface area (Å²) in [6.07, 6.45) is -1.23. The fourth-order valence-corrected chi connectivity index (χ4v) is 1.34. The maximum atomic E-state index is 10.7. The van der Waals surface area contributed by atoms with E-state index < -0.39 is 12.0 Å². The molecule has 1 rings (SSSR count). The molecule has 0 spiro atoms. The van der Waals surface area contributed by atoms with Crippen LogP contribution in [0, 0.1) is 13.8 Å². The fraction of sp³-hybridized carbons (Fsp3) is 0.500. The van der Waals surface area contributed by atoms with Crippen LogP contribution < -0.4 is 16.4 Å². The second-order valence-corrected chi connectivity index (χ2v) is 3.64. The second kappa shape index (κ2) is 5.44. The average Bonchev–Trinajstić information content (AvgIpc) is 2.29. The minimum atomic E-state index is -1.23. The molecule has 1 aromatic rings. The first-order chi connectivity index (χ1) is 7.95. The van der Waals surface area contributed by atoms with E-state index in [1.54, 1.807) is 14.0 Å². The lowest BCUT2D eigenvalue weighted by Crippen LogP contribution is -2.34. The lowest BCUT2D eigenvalue weighted by molar-refractivity contribution is -0.125. The summed E-state index contributed by atoms with van der Waals surface area (Å²) in [5, 5.41) is 15.1. The summed E-state index contributed by atoms with van der Waals surface area (Å²) >= 11 is 0. The SMILES string of the molecule is CNc1nc(C)nc(NCC(O)C(N)=O)c1C. The maximum absolute atomic E-state index is 10.7. The summed E-state index contributed by atoms with van der Waals surface area (Å²) in [5.74, 6) is 1.10. The third-order valence-corrected chi connectivity index (χ3v) is 2.29. The van der Waals surface area contributed by atoms with Gasteiger partial charge in [-0.1, -0.05) is 0 Å². The van der Waals surface area contributed by atoms with Gasteiger partial charge < -0.3 is 21.5 Å². The molecule has 1 aromatic heterocycles. The van der Waals surface area contributed by atoms with Crippen molar-refractivity contribution in [2.75, 3.05) is 24.2 Å². The molecule has 0 saturated heterocycles. The van der Waals surface area contributed by atoms with Crippen LogP contribution in [0.4, 0.5) is 11.6 Å². The number of nitrogens with one attached hydrogen (secondary N) is 2. The van der Waals surface area contributed by atoms with E-state index in [0.717, 1.165) is 5.56 Å². The Balaban J connectivity index is 2.84. The number of primary amides is 1. The predicted octanol–water partition coefficient (Wildman–Crippen LogP) is -0.607. The number of nitrogens with two attached hydrogens (primary N) is 1. The smallest absolute Gasteiger partial charge is 0.248 e. The van der Waals surface area contributed by atoms with Crippen molar-refractivity contribution in [2.45, 2.75) is 20.0 Å². The molecule has 0 aromatic carbocycles. The zero-order chi connectivity index (χ0) is 13.0. The monoisotopic (exact) mass is 239 g/mol. The van der Waals surface area contributed by atoms with Crippen LogP contribution in [0.3, 0.4) is 0 Å². The number of hydrogen-bond acceptors (Lipinski definition) is 6. The third kappa shape index (κ3) is 3.28. The molecule has 0 aliphatic rings. The van der Waals surface area contributed by atoms with Crippen molar-refractivity contribution >= 4 is 17.5 Å². The zero-order valence-electron chi connectivity index (χ0n) is 10.1. The average molecular weight is 239 g/mol. The standard InChI is InChI=1S/C10H17N5O2/c1-5-9(12-3)14-6(2)15-10(5)13-4-7(16)8(11)17/h7,16H,4H2,1-3H3,(H2,11,17)(H2,12,13,14,15). The molecule has 0 fully saturated rings. The van der Waals surface area contributed by atoms with Crippen LogP contribution in [0.1, 0.15) is 11.4 Å². The van der Waals surface area contributed by atoms with Gasteiger partial charge in [0.1, 0.15) is 23.6 Å². The lowest BCUT2D eigenvalue weighted by atomic mass is 10.3. The number of nitrogens with zero attached hydrogens (tertiary/aromatic N) is 2. The highest BCUT2D eigenvalue weighted by Crippen LogP contribution is 2.18. The van der Waals surface area contributed by atoms with E-state index in [1.807, 2.05) is 6.92 Å². The van der Waals surface area contributed by atoms with Crippen molar-refractivity contribution in [3.05, 3.63) is 11.4 Å². The second-order valence-electron chi connectivity index (χ2n) is 3.64. The predicted molar refractivity (Wildman–Crippen MR) is 64.7 cm³/mol. The summed E-state index contributed by atoms with van der Waals surface area (Å²) in [4.78, 5) is 19.1. The number of amides is 1. The van der Waals surface area contributed by atoms with Crippen molar-refractivity contribution < 1.29 is 9.90 Å². The van der Waals surface area contributed by atoms with Crippen molar-refractivity contribution in [1.82, 2.24) is 9.97 Å². The van der Waals surface area contributed by atoms with Crippen LogP contribution in [0.25, 0.3) is 0 Å². The molecule has 1 atom stereocenters. The molecule has 5 N–H and O–H groups in total. The van der Waals surface area contributed by atoms with Gasteiger partial charge in [0.15, 0.2) is 0 Å². The van der Waals surface area contributed by atoms with E-state index in [9.17, 15) is 9.90 Å². The van der Waals surface area contributed by atoms with Crippen LogP contribution >= 0.6 is 0 Å². The van der Waals surface area contributed by atoms with Gasteiger partial charge in [-0.25, -0.2) is 9.97 Å². The fourth-order valence-electron chi connectivity index (χ4n) is 1.34. The topological polar surface area (TPSA) is 113 Å². The van der Waals surface area contributed by atoms with E-state index in [1.165, 1.54) is 0 Å². The van der Waals surface area contributed by atoms with Crippen molar-refractivity contribution in [3.8, 4) is 0 Å². The number of rotatable bonds is 5. The van der Waals surface area contributed by atoms with Gasteiger partial charge in [-0.05, 0) is 13.8 Å². The highest BCUT2D eigenvalue weighted by Gasteiger charge is 2.13. The van der Waals surface area contributed by atoms with Crippen molar-refractivity contribution in [2.24, 2.45) is 5.73 Å². The van der Waals surface area contributed by atoms with Crippen molar-refractivity contribution in [1.29, 1.82) is 0 Å². The number of aliphatic hydroxyl groups excluding tert-OH is 1. The van der Waals surface area contributed by atoms with E-state index in [0.29, 0.717) is 17.5 Å². The minimum Gasteiger partial charge on any atom is -0.381 e. The molecule has 0 saturated carbocycles. The van der Waals surface area contributed by atoms with Gasteiger partial charge in [-0.3, -0.25) is 4.79 Å². The molecule has 7 nitrogen and oxygen atoms in total. The third-order valence-electron chi connectivity index (χ3n) is 2.29. The molecule has 7 heteroatoms. The Kier molecular flexibility index (Phi) is 4.22. The number of hydrogen-bond donors (Lipinski definition) is 4. The summed E-state index contributed by atoms with van der Waals surface area (Å²) < 4.78 is 0. The Morgan fingerprint density at radius 1 is 1.41 bits per heavy atom. The Hall–Kier alpha value is -1.89. The largest absolute Gasteiger partial charge is 0.381 e. The van der Waals surface area contributed by atoms with E-state index in [2.05, 4.69) is 20.6 Å². The van der Waals surface area contributed by atoms with E-state index >= 15 is 0 Å². The lowest BCUT2D eigenvalue weighted by Gasteiger charge is -2.13. The molecule has 17 heavy (non-hydrogen) atoms. The Morgan fingerprint density at radius 2 is 2.00 bits per heavy atom. The summed E-state index contributed by atoms with van der Waals surface area (Å²) in [5.41, 5.74) is 5.76. The first-order valence-electron chi connectivity index (χ1n) is 5.20. The first-order valence-corrected chi connectivity index (χ1v) is 5.20. The Labute approximate surface area is 99.5 Å². The summed E-state index contributed by atoms with van der Waals surface area (Å²) in [6, 6.07) is 0. The number of anilines is 2. The van der Waals surface area contributed by atoms with Crippen LogP contribution in [0.5, 0.6) is 0 Å². The number of aliphatic hydroxyl groups is 1. The van der Waals surface area contributed by atoms with Crippen LogP contribution in [0.15, 0.2) is 0 Å². The van der Waals surface area contributed by atoms with Crippen molar-refractivity contribution in [3.63, 3.8) is 0 Å². The highest BCUT2D eigenvalue weighted by molar-refractivity contribution is 5.79. The number of aryl methyl sites for hydroxylation is 1. The number of carbonyl (C=O) groups excluding carboxylic acids is 1. The Bertz CT molecular complexity index is 421. The molecule has 1 heterocycles. The maximum Gasteiger partial charge on any atom is 0.248 e. The molecule has 1 amide bonds. The Morgan fingerprint density at radius 3 is 2.53 bits per heavy atom. The molecule has 1 unspecified atom stereocenters. The molecular weight excluding hydrogens is 222 g/mol. The molecule has 94 valence electrons. The normalized spacial score (nSPS) is 12.0. The number of carbonyl (C=O) groups is 1. The van der Waals surface area contributed by atoms with Gasteiger partial charge in [0.25, 0.3) is 0 Å². The minimum absolute atomic E-state index is 0.0236. The van der Waals surface area contributed by atoms with Gasteiger partial charge >= 0.3 is 0 Å². The molecule has 0 radical (unpaired) electrons. The quantitative estimate of drug-likeness (QED) is 0.545. The summed E-state index contributed by atoms with van der Waals surface area (Å²) in [6.45, 7) is 3.62. The van der Waals surface area contributed by atoms with Crippen LogP contribution in [-0.2, 0) is 4.79 Å². The first kappa shape index (κ1) is 13.2. The molecule has 0 aliphatic heterocycles.